The summed E-state index contributed by atoms with van der Waals surface area (Å²) in [5.41, 5.74) is 0.985. The Morgan fingerprint density at radius 2 is 2.21 bits per heavy atom. The fourth-order valence-electron chi connectivity index (χ4n) is 1.33. The van der Waals surface area contributed by atoms with Gasteiger partial charge >= 0.3 is 0 Å². The summed E-state index contributed by atoms with van der Waals surface area (Å²) in [4.78, 5) is 11.6. The molecule has 1 rings (SSSR count). The molecule has 1 aromatic rings. The van der Waals surface area contributed by atoms with E-state index in [-0.39, 0.29) is 12.2 Å². The molecule has 1 N–H and O–H groups in total. The van der Waals surface area contributed by atoms with Crippen LogP contribution in [0.5, 0.6) is 0 Å². The Hall–Kier alpha value is -1.16. The molecule has 0 atom stereocenters. The van der Waals surface area contributed by atoms with Crippen molar-refractivity contribution in [3.63, 3.8) is 0 Å². The molecule has 0 spiro atoms. The maximum Gasteiger partial charge on any atom is 0.272 e. The van der Waals surface area contributed by atoms with Crippen molar-refractivity contribution >= 4 is 0 Å². The monoisotopic (exact) mass is 196 g/mol. The molecule has 4 nitrogen and oxygen atoms in total. The lowest BCUT2D eigenvalue weighted by molar-refractivity contribution is 0.277. The van der Waals surface area contributed by atoms with Gasteiger partial charge in [-0.25, -0.2) is 4.68 Å². The van der Waals surface area contributed by atoms with Gasteiger partial charge in [-0.1, -0.05) is 13.8 Å². The molecule has 0 saturated carbocycles. The third kappa shape index (κ3) is 2.42. The Balaban J connectivity index is 3.16. The van der Waals surface area contributed by atoms with Crippen LogP contribution in [0.15, 0.2) is 10.9 Å². The third-order valence-electron chi connectivity index (χ3n) is 1.88. The number of aryl methyl sites for hydroxylation is 1. The molecule has 4 heteroatoms. The predicted octanol–water partition coefficient (Wildman–Crippen LogP) is 0.700. The van der Waals surface area contributed by atoms with Crippen molar-refractivity contribution in [1.29, 1.82) is 0 Å². The molecule has 0 amide bonds. The first-order valence-electron chi connectivity index (χ1n) is 4.73. The summed E-state index contributed by atoms with van der Waals surface area (Å²) < 4.78 is 1.42. The molecule has 1 aromatic heterocycles. The first kappa shape index (κ1) is 10.9. The van der Waals surface area contributed by atoms with Gasteiger partial charge in [0.05, 0.1) is 12.3 Å². The summed E-state index contributed by atoms with van der Waals surface area (Å²) in [6.07, 6.45) is 0. The van der Waals surface area contributed by atoms with Gasteiger partial charge in [-0.15, -0.1) is 0 Å². The lowest BCUT2D eigenvalue weighted by atomic mass is 10.2. The normalized spacial score (nSPS) is 10.9. The fourth-order valence-corrected chi connectivity index (χ4v) is 1.33. The van der Waals surface area contributed by atoms with E-state index in [0.717, 1.165) is 5.69 Å². The van der Waals surface area contributed by atoms with Crippen molar-refractivity contribution < 1.29 is 5.11 Å². The summed E-state index contributed by atoms with van der Waals surface area (Å²) in [6, 6.07) is 1.62. The van der Waals surface area contributed by atoms with Crippen LogP contribution >= 0.6 is 0 Å². The summed E-state index contributed by atoms with van der Waals surface area (Å²) in [5, 5.41) is 13.1. The van der Waals surface area contributed by atoms with Crippen molar-refractivity contribution in [3.8, 4) is 0 Å². The molecule has 0 unspecified atom stereocenters. The van der Waals surface area contributed by atoms with Crippen molar-refractivity contribution in [2.45, 2.75) is 33.9 Å². The maximum absolute atomic E-state index is 11.6. The van der Waals surface area contributed by atoms with Crippen LogP contribution in [0.4, 0.5) is 0 Å². The first-order valence-corrected chi connectivity index (χ1v) is 4.73. The molecule has 1 heterocycles. The highest BCUT2D eigenvalue weighted by Gasteiger charge is 2.06. The van der Waals surface area contributed by atoms with E-state index in [4.69, 9.17) is 5.11 Å². The standard InChI is InChI=1S/C10H16N2O2/c1-7(2)5-12-10(14)9(6-13)4-8(3)11-12/h4,7,13H,5-6H2,1-3H3. The Bertz CT molecular complexity index is 369. The van der Waals surface area contributed by atoms with Crippen LogP contribution < -0.4 is 5.56 Å². The van der Waals surface area contributed by atoms with Crippen LogP contribution in [0.1, 0.15) is 25.1 Å². The van der Waals surface area contributed by atoms with Gasteiger partial charge in [0.2, 0.25) is 0 Å². The minimum absolute atomic E-state index is 0.188. The van der Waals surface area contributed by atoms with Gasteiger partial charge in [-0.3, -0.25) is 4.79 Å². The van der Waals surface area contributed by atoms with E-state index in [0.29, 0.717) is 18.0 Å². The zero-order valence-corrected chi connectivity index (χ0v) is 8.82. The number of nitrogens with zero attached hydrogens (tertiary/aromatic N) is 2. The quantitative estimate of drug-likeness (QED) is 0.774. The highest BCUT2D eigenvalue weighted by Crippen LogP contribution is 1.98. The van der Waals surface area contributed by atoms with E-state index < -0.39 is 0 Å². The molecule has 0 fully saturated rings. The summed E-state index contributed by atoms with van der Waals surface area (Å²) in [5.74, 6) is 0.369. The number of hydrogen-bond donors (Lipinski definition) is 1. The Morgan fingerprint density at radius 1 is 1.57 bits per heavy atom. The molecule has 0 aliphatic heterocycles. The average molecular weight is 196 g/mol. The molecule has 78 valence electrons. The molecule has 0 bridgehead atoms. The van der Waals surface area contributed by atoms with Crippen LogP contribution in [-0.4, -0.2) is 14.9 Å². The molecule has 0 radical (unpaired) electrons. The lowest BCUT2D eigenvalue weighted by Gasteiger charge is -2.09. The zero-order chi connectivity index (χ0) is 10.7. The topological polar surface area (TPSA) is 55.1 Å². The largest absolute Gasteiger partial charge is 0.391 e. The second kappa shape index (κ2) is 4.37. The Morgan fingerprint density at radius 3 is 2.71 bits per heavy atom. The van der Waals surface area contributed by atoms with Crippen molar-refractivity contribution in [1.82, 2.24) is 9.78 Å². The van der Waals surface area contributed by atoms with Crippen molar-refractivity contribution in [2.24, 2.45) is 5.92 Å². The van der Waals surface area contributed by atoms with E-state index in [1.807, 2.05) is 20.8 Å². The molecular formula is C10H16N2O2. The predicted molar refractivity (Wildman–Crippen MR) is 54.0 cm³/mol. The average Bonchev–Trinajstić information content (AvgIpc) is 2.09. The molecule has 0 saturated heterocycles. The van der Waals surface area contributed by atoms with Crippen molar-refractivity contribution in [3.05, 3.63) is 27.7 Å². The number of hydrogen-bond acceptors (Lipinski definition) is 3. The molecule has 0 aliphatic carbocycles. The highest BCUT2D eigenvalue weighted by atomic mass is 16.3. The number of aliphatic hydroxyl groups excluding tert-OH is 1. The second-order valence-corrected chi connectivity index (χ2v) is 3.85. The van der Waals surface area contributed by atoms with Crippen molar-refractivity contribution in [2.75, 3.05) is 0 Å². The van der Waals surface area contributed by atoms with Gasteiger partial charge in [0.25, 0.3) is 5.56 Å². The van der Waals surface area contributed by atoms with E-state index in [1.165, 1.54) is 4.68 Å². The van der Waals surface area contributed by atoms with Gasteiger partial charge in [0, 0.05) is 12.1 Å². The number of aromatic nitrogens is 2. The Labute approximate surface area is 83.2 Å². The number of aliphatic hydroxyl groups is 1. The van der Waals surface area contributed by atoms with Gasteiger partial charge in [-0.2, -0.15) is 5.10 Å². The van der Waals surface area contributed by atoms with Gasteiger partial charge < -0.3 is 5.11 Å². The summed E-state index contributed by atoms with van der Waals surface area (Å²) >= 11 is 0. The fraction of sp³-hybridized carbons (Fsp3) is 0.600. The van der Waals surface area contributed by atoms with Gasteiger partial charge in [-0.05, 0) is 18.9 Å². The third-order valence-corrected chi connectivity index (χ3v) is 1.88. The summed E-state index contributed by atoms with van der Waals surface area (Å²) in [6.45, 7) is 6.23. The van der Waals surface area contributed by atoms with Crippen LogP contribution in [0.3, 0.4) is 0 Å². The first-order chi connectivity index (χ1) is 6.54. The second-order valence-electron chi connectivity index (χ2n) is 3.85. The van der Waals surface area contributed by atoms with E-state index in [1.54, 1.807) is 6.07 Å². The minimum atomic E-state index is -0.222. The van der Waals surface area contributed by atoms with Crippen LogP contribution in [-0.2, 0) is 13.2 Å². The molecule has 0 aliphatic rings. The highest BCUT2D eigenvalue weighted by molar-refractivity contribution is 5.11. The molecular weight excluding hydrogens is 180 g/mol. The summed E-state index contributed by atoms with van der Waals surface area (Å²) in [7, 11) is 0. The van der Waals surface area contributed by atoms with E-state index in [9.17, 15) is 4.79 Å². The molecule has 0 aromatic carbocycles. The van der Waals surface area contributed by atoms with Crippen LogP contribution in [0.2, 0.25) is 0 Å². The van der Waals surface area contributed by atoms with E-state index >= 15 is 0 Å². The van der Waals surface area contributed by atoms with Crippen LogP contribution in [0, 0.1) is 12.8 Å². The van der Waals surface area contributed by atoms with Gasteiger partial charge in [0.1, 0.15) is 0 Å². The van der Waals surface area contributed by atoms with Gasteiger partial charge in [0.15, 0.2) is 0 Å². The SMILES string of the molecule is Cc1cc(CO)c(=O)n(CC(C)C)n1. The van der Waals surface area contributed by atoms with E-state index in [2.05, 4.69) is 5.10 Å². The Kier molecular flexibility index (Phi) is 3.41. The smallest absolute Gasteiger partial charge is 0.272 e. The zero-order valence-electron chi connectivity index (χ0n) is 8.82. The lowest BCUT2D eigenvalue weighted by Crippen LogP contribution is -2.28. The number of rotatable bonds is 3. The molecule has 14 heavy (non-hydrogen) atoms. The minimum Gasteiger partial charge on any atom is -0.391 e. The van der Waals surface area contributed by atoms with Crippen LogP contribution in [0.25, 0.3) is 0 Å². The maximum atomic E-state index is 11.6.